The first-order valence-corrected chi connectivity index (χ1v) is 4.14. The van der Waals surface area contributed by atoms with Gasteiger partial charge >= 0.3 is 5.97 Å². The van der Waals surface area contributed by atoms with Gasteiger partial charge in [-0.15, -0.1) is 0 Å². The van der Waals surface area contributed by atoms with Gasteiger partial charge in [0.1, 0.15) is 10.9 Å². The third-order valence-corrected chi connectivity index (χ3v) is 2.39. The van der Waals surface area contributed by atoms with Crippen LogP contribution >= 0.6 is 11.3 Å². The minimum Gasteiger partial charge on any atom is -0.476 e. The molecule has 0 saturated heterocycles. The van der Waals surface area contributed by atoms with Crippen molar-refractivity contribution in [3.05, 3.63) is 23.0 Å². The molecule has 0 atom stereocenters. The summed E-state index contributed by atoms with van der Waals surface area (Å²) in [6, 6.07) is 1.96. The third kappa shape index (κ3) is 1.15. The molecule has 5 nitrogen and oxygen atoms in total. The van der Waals surface area contributed by atoms with E-state index in [0.29, 0.717) is 9.84 Å². The summed E-state index contributed by atoms with van der Waals surface area (Å²) in [6.45, 7) is 0. The Morgan fingerprint density at radius 3 is 3.00 bits per heavy atom. The van der Waals surface area contributed by atoms with Crippen molar-refractivity contribution in [2.45, 2.75) is 0 Å². The molecule has 2 aromatic rings. The molecule has 6 heteroatoms. The lowest BCUT2D eigenvalue weighted by Gasteiger charge is -1.79. The van der Waals surface area contributed by atoms with Crippen LogP contribution in [-0.4, -0.2) is 20.5 Å². The molecule has 64 valence electrons. The van der Waals surface area contributed by atoms with Gasteiger partial charge in [0.25, 0.3) is 0 Å². The number of hydrogen-bond donors (Lipinski definition) is 1. The van der Waals surface area contributed by atoms with Gasteiger partial charge in [-0.2, -0.15) is 5.26 Å². The summed E-state index contributed by atoms with van der Waals surface area (Å²) in [6.07, 6.45) is 2.94. The van der Waals surface area contributed by atoms with Gasteiger partial charge < -0.3 is 5.11 Å². The first kappa shape index (κ1) is 7.76. The number of carbonyl (C=O) groups is 1. The van der Waals surface area contributed by atoms with Gasteiger partial charge in [0.15, 0.2) is 10.7 Å². The molecule has 0 unspecified atom stereocenters. The van der Waals surface area contributed by atoms with Crippen molar-refractivity contribution in [3.63, 3.8) is 0 Å². The van der Waals surface area contributed by atoms with E-state index in [1.165, 1.54) is 10.6 Å². The molecule has 0 spiro atoms. The molecule has 0 saturated carbocycles. The molecule has 2 aromatic heterocycles. The molecule has 0 bridgehead atoms. The minimum absolute atomic E-state index is 0.00394. The van der Waals surface area contributed by atoms with Gasteiger partial charge in [-0.1, -0.05) is 11.3 Å². The highest BCUT2D eigenvalue weighted by Gasteiger charge is 2.10. The van der Waals surface area contributed by atoms with Crippen LogP contribution in [0.25, 0.3) is 4.96 Å². The van der Waals surface area contributed by atoms with E-state index in [9.17, 15) is 4.79 Å². The van der Waals surface area contributed by atoms with Crippen LogP contribution in [0.2, 0.25) is 0 Å². The highest BCUT2D eigenvalue weighted by atomic mass is 32.1. The quantitative estimate of drug-likeness (QED) is 0.731. The number of carboxylic acid groups (broad SMARTS) is 1. The standard InChI is InChI=1S/C7H3N3O2S/c8-1-4-2-10-3-5(6(11)12)9-7(10)13-4/h2-3H,(H,11,12). The number of rotatable bonds is 1. The van der Waals surface area contributed by atoms with E-state index in [4.69, 9.17) is 10.4 Å². The van der Waals surface area contributed by atoms with Gasteiger partial charge in [0.05, 0.1) is 0 Å². The van der Waals surface area contributed by atoms with Gasteiger partial charge in [0, 0.05) is 12.4 Å². The Morgan fingerprint density at radius 1 is 1.69 bits per heavy atom. The topological polar surface area (TPSA) is 78.4 Å². The monoisotopic (exact) mass is 193 g/mol. The lowest BCUT2D eigenvalue weighted by molar-refractivity contribution is 0.0691. The molecule has 0 aliphatic carbocycles. The van der Waals surface area contributed by atoms with Crippen molar-refractivity contribution in [2.24, 2.45) is 0 Å². The molecule has 13 heavy (non-hydrogen) atoms. The fourth-order valence-electron chi connectivity index (χ4n) is 0.950. The van der Waals surface area contributed by atoms with Crippen LogP contribution in [0.4, 0.5) is 0 Å². The third-order valence-electron chi connectivity index (χ3n) is 1.49. The van der Waals surface area contributed by atoms with Crippen molar-refractivity contribution in [1.82, 2.24) is 9.38 Å². The Morgan fingerprint density at radius 2 is 2.46 bits per heavy atom. The van der Waals surface area contributed by atoms with Crippen LogP contribution < -0.4 is 0 Å². The van der Waals surface area contributed by atoms with E-state index in [2.05, 4.69) is 4.98 Å². The molecule has 2 heterocycles. The molecule has 2 rings (SSSR count). The summed E-state index contributed by atoms with van der Waals surface area (Å²) in [4.78, 5) is 15.3. The van der Waals surface area contributed by atoms with Crippen molar-refractivity contribution >= 4 is 22.3 Å². The van der Waals surface area contributed by atoms with Crippen LogP contribution in [0, 0.1) is 11.3 Å². The van der Waals surface area contributed by atoms with Crippen LogP contribution in [0.15, 0.2) is 12.4 Å². The number of imidazole rings is 1. The maximum absolute atomic E-state index is 10.5. The lowest BCUT2D eigenvalue weighted by Crippen LogP contribution is -1.95. The zero-order valence-electron chi connectivity index (χ0n) is 6.26. The predicted octanol–water partition coefficient (Wildman–Crippen LogP) is 0.966. The van der Waals surface area contributed by atoms with Gasteiger partial charge in [-0.3, -0.25) is 4.40 Å². The number of aromatic carboxylic acids is 1. The van der Waals surface area contributed by atoms with E-state index in [-0.39, 0.29) is 5.69 Å². The van der Waals surface area contributed by atoms with E-state index < -0.39 is 5.97 Å². The fraction of sp³-hybridized carbons (Fsp3) is 0. The normalized spacial score (nSPS) is 10.1. The van der Waals surface area contributed by atoms with E-state index >= 15 is 0 Å². The number of carboxylic acids is 1. The van der Waals surface area contributed by atoms with Crippen LogP contribution in [0.1, 0.15) is 15.4 Å². The Hall–Kier alpha value is -1.87. The van der Waals surface area contributed by atoms with Gasteiger partial charge in [-0.25, -0.2) is 9.78 Å². The minimum atomic E-state index is -1.06. The molecule has 0 aliphatic rings. The van der Waals surface area contributed by atoms with Crippen LogP contribution in [0.3, 0.4) is 0 Å². The second kappa shape index (κ2) is 2.57. The van der Waals surface area contributed by atoms with Gasteiger partial charge in [0.2, 0.25) is 0 Å². The van der Waals surface area contributed by atoms with E-state index in [0.717, 1.165) is 11.3 Å². The van der Waals surface area contributed by atoms with Crippen molar-refractivity contribution in [3.8, 4) is 6.07 Å². The molecule has 0 amide bonds. The summed E-state index contributed by atoms with van der Waals surface area (Å²) < 4.78 is 1.53. The summed E-state index contributed by atoms with van der Waals surface area (Å²) in [7, 11) is 0. The lowest BCUT2D eigenvalue weighted by atomic mass is 10.5. The second-order valence-electron chi connectivity index (χ2n) is 2.33. The smallest absolute Gasteiger partial charge is 0.356 e. The maximum atomic E-state index is 10.5. The number of nitriles is 1. The number of hydrogen-bond acceptors (Lipinski definition) is 4. The molecule has 0 radical (unpaired) electrons. The number of thiazole rings is 1. The van der Waals surface area contributed by atoms with Gasteiger partial charge in [-0.05, 0) is 0 Å². The molecular weight excluding hydrogens is 190 g/mol. The Balaban J connectivity index is 2.62. The molecule has 0 aliphatic heterocycles. The largest absolute Gasteiger partial charge is 0.476 e. The van der Waals surface area contributed by atoms with Crippen LogP contribution in [0.5, 0.6) is 0 Å². The zero-order valence-corrected chi connectivity index (χ0v) is 7.08. The summed E-state index contributed by atoms with van der Waals surface area (Å²) in [5.41, 5.74) is -0.00394. The summed E-state index contributed by atoms with van der Waals surface area (Å²) in [5, 5.41) is 17.1. The average Bonchev–Trinajstić information content (AvgIpc) is 2.58. The van der Waals surface area contributed by atoms with Crippen molar-refractivity contribution < 1.29 is 9.90 Å². The summed E-state index contributed by atoms with van der Waals surface area (Å²) >= 11 is 1.16. The van der Waals surface area contributed by atoms with E-state index in [1.54, 1.807) is 6.20 Å². The number of fused-ring (bicyclic) bond motifs is 1. The Labute approximate surface area is 76.5 Å². The zero-order chi connectivity index (χ0) is 9.42. The molecule has 0 aromatic carbocycles. The number of aromatic nitrogens is 2. The summed E-state index contributed by atoms with van der Waals surface area (Å²) in [5.74, 6) is -1.06. The van der Waals surface area contributed by atoms with E-state index in [1.807, 2.05) is 6.07 Å². The fourth-order valence-corrected chi connectivity index (χ4v) is 1.71. The van der Waals surface area contributed by atoms with Crippen LogP contribution in [-0.2, 0) is 0 Å². The first-order valence-electron chi connectivity index (χ1n) is 3.32. The predicted molar refractivity (Wildman–Crippen MR) is 44.7 cm³/mol. The van der Waals surface area contributed by atoms with Crippen molar-refractivity contribution in [1.29, 1.82) is 5.26 Å². The molecule has 1 N–H and O–H groups in total. The van der Waals surface area contributed by atoms with Crippen molar-refractivity contribution in [2.75, 3.05) is 0 Å². The highest BCUT2D eigenvalue weighted by Crippen LogP contribution is 2.16. The first-order chi connectivity index (χ1) is 6.20. The SMILES string of the molecule is N#Cc1cn2cc(C(=O)O)nc2s1. The molecular formula is C7H3N3O2S. The second-order valence-corrected chi connectivity index (χ2v) is 3.34. The molecule has 0 fully saturated rings. The maximum Gasteiger partial charge on any atom is 0.356 e. The number of nitrogens with zero attached hydrogens (tertiary/aromatic N) is 3. The Bertz CT molecular complexity index is 488. The Kier molecular flexibility index (Phi) is 1.53. The average molecular weight is 193 g/mol. The highest BCUT2D eigenvalue weighted by molar-refractivity contribution is 7.17.